The molecule has 0 bridgehead atoms. The van der Waals surface area contributed by atoms with Gasteiger partial charge in [-0.2, -0.15) is 0 Å². The number of amides is 1. The summed E-state index contributed by atoms with van der Waals surface area (Å²) in [6, 6.07) is 17.3. The summed E-state index contributed by atoms with van der Waals surface area (Å²) in [4.78, 5) is 32.8. The van der Waals surface area contributed by atoms with Crippen LogP contribution in [0.25, 0.3) is 0 Å². The standard InChI is InChI=1S/C26H31N5O3/c1-30-14-16-31(17-15-30)21-5-3-4-20(18-21)29-26(33)24-23(11-13-28-25(24)32)27-12-10-19-6-8-22(34-2)9-7-19/h3-9,11,13,18H,10,12,14-17H2,1-2H3,(H,29,33)(H2,27,28,32). The third-order valence-electron chi connectivity index (χ3n) is 6.05. The number of methoxy groups -OCH3 is 1. The molecule has 2 aromatic carbocycles. The molecule has 1 fully saturated rings. The molecule has 8 heteroatoms. The van der Waals surface area contributed by atoms with Crippen LogP contribution < -0.4 is 25.8 Å². The van der Waals surface area contributed by atoms with Gasteiger partial charge < -0.3 is 30.2 Å². The number of hydrogen-bond acceptors (Lipinski definition) is 6. The molecule has 0 unspecified atom stereocenters. The number of anilines is 3. The van der Waals surface area contributed by atoms with Gasteiger partial charge in [-0.05, 0) is 55.4 Å². The topological polar surface area (TPSA) is 89.7 Å². The molecule has 3 aromatic rings. The largest absolute Gasteiger partial charge is 0.497 e. The SMILES string of the molecule is COc1ccc(CCNc2cc[nH]c(=O)c2C(=O)Nc2cccc(N3CCN(C)CC3)c2)cc1. The second-order valence-corrected chi connectivity index (χ2v) is 8.42. The monoisotopic (exact) mass is 461 g/mol. The van der Waals surface area contributed by atoms with Crippen LogP contribution in [0.3, 0.4) is 0 Å². The highest BCUT2D eigenvalue weighted by Crippen LogP contribution is 2.22. The molecule has 0 saturated carbocycles. The number of nitrogens with zero attached hydrogens (tertiary/aromatic N) is 2. The number of likely N-dealkylation sites (N-methyl/N-ethyl adjacent to an activating group) is 1. The highest BCUT2D eigenvalue weighted by atomic mass is 16.5. The molecule has 1 saturated heterocycles. The van der Waals surface area contributed by atoms with Crippen LogP contribution in [0.1, 0.15) is 15.9 Å². The van der Waals surface area contributed by atoms with Crippen molar-refractivity contribution in [2.75, 3.05) is 62.4 Å². The molecule has 3 N–H and O–H groups in total. The van der Waals surface area contributed by atoms with E-state index in [2.05, 4.69) is 32.5 Å². The number of ether oxygens (including phenoxy) is 1. The predicted octanol–water partition coefficient (Wildman–Crippen LogP) is 3.04. The highest BCUT2D eigenvalue weighted by molar-refractivity contribution is 6.07. The van der Waals surface area contributed by atoms with Crippen LogP contribution in [0.4, 0.5) is 17.1 Å². The normalized spacial score (nSPS) is 14.0. The zero-order valence-electron chi connectivity index (χ0n) is 19.6. The van der Waals surface area contributed by atoms with Crippen LogP contribution in [-0.2, 0) is 6.42 Å². The van der Waals surface area contributed by atoms with Crippen molar-refractivity contribution in [3.63, 3.8) is 0 Å². The summed E-state index contributed by atoms with van der Waals surface area (Å²) in [5, 5.41) is 6.14. The lowest BCUT2D eigenvalue weighted by molar-refractivity contribution is 0.102. The van der Waals surface area contributed by atoms with Crippen LogP contribution in [-0.4, -0.2) is 62.7 Å². The zero-order valence-corrected chi connectivity index (χ0v) is 19.6. The van der Waals surface area contributed by atoms with Gasteiger partial charge in [0.15, 0.2) is 0 Å². The molecule has 1 aromatic heterocycles. The zero-order chi connectivity index (χ0) is 23.9. The lowest BCUT2D eigenvalue weighted by atomic mass is 10.1. The van der Waals surface area contributed by atoms with Crippen molar-refractivity contribution in [3.8, 4) is 5.75 Å². The van der Waals surface area contributed by atoms with Crippen molar-refractivity contribution in [3.05, 3.63) is 82.3 Å². The van der Waals surface area contributed by atoms with Crippen molar-refractivity contribution in [2.24, 2.45) is 0 Å². The van der Waals surface area contributed by atoms with Gasteiger partial charge in [-0.1, -0.05) is 18.2 Å². The first kappa shape index (κ1) is 23.4. The van der Waals surface area contributed by atoms with Gasteiger partial charge in [0.1, 0.15) is 11.3 Å². The average Bonchev–Trinajstić information content (AvgIpc) is 2.85. The Bertz CT molecular complexity index is 1170. The quantitative estimate of drug-likeness (QED) is 0.478. The summed E-state index contributed by atoms with van der Waals surface area (Å²) < 4.78 is 5.19. The average molecular weight is 462 g/mol. The van der Waals surface area contributed by atoms with Crippen LogP contribution >= 0.6 is 0 Å². The van der Waals surface area contributed by atoms with E-state index < -0.39 is 11.5 Å². The van der Waals surface area contributed by atoms with Gasteiger partial charge in [0.25, 0.3) is 11.5 Å². The van der Waals surface area contributed by atoms with E-state index in [9.17, 15) is 9.59 Å². The number of aromatic amines is 1. The highest BCUT2D eigenvalue weighted by Gasteiger charge is 2.18. The molecule has 2 heterocycles. The van der Waals surface area contributed by atoms with Gasteiger partial charge >= 0.3 is 0 Å². The second kappa shape index (κ2) is 10.9. The summed E-state index contributed by atoms with van der Waals surface area (Å²) in [7, 11) is 3.76. The summed E-state index contributed by atoms with van der Waals surface area (Å²) in [6.45, 7) is 4.46. The molecule has 0 radical (unpaired) electrons. The lowest BCUT2D eigenvalue weighted by Crippen LogP contribution is -2.44. The molecule has 34 heavy (non-hydrogen) atoms. The van der Waals surface area contributed by atoms with Gasteiger partial charge in [0.2, 0.25) is 0 Å². The van der Waals surface area contributed by atoms with Crippen molar-refractivity contribution in [1.82, 2.24) is 9.88 Å². The second-order valence-electron chi connectivity index (χ2n) is 8.42. The molecule has 0 aliphatic carbocycles. The van der Waals surface area contributed by atoms with E-state index in [1.165, 1.54) is 0 Å². The summed E-state index contributed by atoms with van der Waals surface area (Å²) in [5.41, 5.74) is 3.00. The molecule has 1 aliphatic heterocycles. The fourth-order valence-electron chi connectivity index (χ4n) is 4.02. The van der Waals surface area contributed by atoms with Gasteiger partial charge in [0, 0.05) is 50.3 Å². The first-order chi connectivity index (χ1) is 16.5. The summed E-state index contributed by atoms with van der Waals surface area (Å²) in [5.74, 6) is 0.367. The van der Waals surface area contributed by atoms with E-state index in [0.29, 0.717) is 17.9 Å². The van der Waals surface area contributed by atoms with Crippen molar-refractivity contribution >= 4 is 23.0 Å². The number of nitrogens with one attached hydrogen (secondary N) is 3. The van der Waals surface area contributed by atoms with Crippen LogP contribution in [0.5, 0.6) is 5.75 Å². The maximum Gasteiger partial charge on any atom is 0.263 e. The smallest absolute Gasteiger partial charge is 0.263 e. The number of carbonyl (C=O) groups excluding carboxylic acids is 1. The number of H-pyrrole nitrogens is 1. The Kier molecular flexibility index (Phi) is 7.49. The van der Waals surface area contributed by atoms with E-state index in [0.717, 1.165) is 49.6 Å². The number of pyridine rings is 1. The third-order valence-corrected chi connectivity index (χ3v) is 6.05. The van der Waals surface area contributed by atoms with Gasteiger partial charge in [0.05, 0.1) is 12.8 Å². The third kappa shape index (κ3) is 5.77. The number of carbonyl (C=O) groups is 1. The molecule has 0 spiro atoms. The number of aromatic nitrogens is 1. The van der Waals surface area contributed by atoms with Gasteiger partial charge in [-0.15, -0.1) is 0 Å². The van der Waals surface area contributed by atoms with Crippen molar-refractivity contribution in [2.45, 2.75) is 6.42 Å². The Morgan fingerprint density at radius 2 is 1.82 bits per heavy atom. The first-order valence-corrected chi connectivity index (χ1v) is 11.5. The molecule has 4 rings (SSSR count). The minimum Gasteiger partial charge on any atom is -0.497 e. The Morgan fingerprint density at radius 1 is 1.06 bits per heavy atom. The van der Waals surface area contributed by atoms with Crippen LogP contribution in [0.2, 0.25) is 0 Å². The van der Waals surface area contributed by atoms with E-state index >= 15 is 0 Å². The number of rotatable bonds is 8. The van der Waals surface area contributed by atoms with E-state index in [-0.39, 0.29) is 5.56 Å². The molecule has 8 nitrogen and oxygen atoms in total. The summed E-state index contributed by atoms with van der Waals surface area (Å²) >= 11 is 0. The minimum atomic E-state index is -0.440. The maximum absolute atomic E-state index is 13.1. The summed E-state index contributed by atoms with van der Waals surface area (Å²) in [6.07, 6.45) is 2.29. The van der Waals surface area contributed by atoms with Crippen molar-refractivity contribution in [1.29, 1.82) is 0 Å². The number of benzene rings is 2. The molecule has 0 atom stereocenters. The number of hydrogen-bond donors (Lipinski definition) is 3. The molecular formula is C26H31N5O3. The van der Waals surface area contributed by atoms with E-state index in [1.807, 2.05) is 48.5 Å². The Morgan fingerprint density at radius 3 is 2.56 bits per heavy atom. The molecular weight excluding hydrogens is 430 g/mol. The first-order valence-electron chi connectivity index (χ1n) is 11.5. The fraction of sp³-hybridized carbons (Fsp3) is 0.308. The Labute approximate surface area is 199 Å². The maximum atomic E-state index is 13.1. The van der Waals surface area contributed by atoms with Crippen LogP contribution in [0, 0.1) is 0 Å². The van der Waals surface area contributed by atoms with Gasteiger partial charge in [-0.3, -0.25) is 9.59 Å². The lowest BCUT2D eigenvalue weighted by Gasteiger charge is -2.34. The minimum absolute atomic E-state index is 0.0715. The van der Waals surface area contributed by atoms with Crippen LogP contribution in [0.15, 0.2) is 65.6 Å². The molecule has 1 amide bonds. The predicted molar refractivity (Wildman–Crippen MR) is 136 cm³/mol. The van der Waals surface area contributed by atoms with Gasteiger partial charge in [-0.25, -0.2) is 0 Å². The van der Waals surface area contributed by atoms with Crippen molar-refractivity contribution < 1.29 is 9.53 Å². The Hall–Kier alpha value is -3.78. The Balaban J connectivity index is 1.43. The molecule has 178 valence electrons. The number of piperazine rings is 1. The van der Waals surface area contributed by atoms with E-state index in [1.54, 1.807) is 19.4 Å². The van der Waals surface area contributed by atoms with E-state index in [4.69, 9.17) is 4.74 Å². The molecule has 1 aliphatic rings. The fourth-order valence-corrected chi connectivity index (χ4v) is 4.02.